The predicted octanol–water partition coefficient (Wildman–Crippen LogP) is 6.36. The van der Waals surface area contributed by atoms with Crippen molar-refractivity contribution in [1.29, 1.82) is 0 Å². The lowest BCUT2D eigenvalue weighted by Crippen LogP contribution is -2.53. The largest absolute Gasteiger partial charge is 0.354 e. The number of nitrogens with zero attached hydrogens (tertiary/aromatic N) is 2. The molecule has 46 heavy (non-hydrogen) atoms. The summed E-state index contributed by atoms with van der Waals surface area (Å²) in [7, 11) is -4.21. The zero-order valence-electron chi connectivity index (χ0n) is 27.0. The quantitative estimate of drug-likeness (QED) is 0.184. The number of amides is 2. The second-order valence-electron chi connectivity index (χ2n) is 12.1. The van der Waals surface area contributed by atoms with Crippen LogP contribution in [-0.4, -0.2) is 44.3 Å². The number of carbonyl (C=O) groups is 2. The van der Waals surface area contributed by atoms with Gasteiger partial charge >= 0.3 is 0 Å². The minimum absolute atomic E-state index is 0.0308. The van der Waals surface area contributed by atoms with E-state index in [1.165, 1.54) is 29.2 Å². The van der Waals surface area contributed by atoms with Gasteiger partial charge in [-0.2, -0.15) is 0 Å². The fraction of sp³-hybridized carbons (Fsp3) is 0.297. The zero-order valence-corrected chi connectivity index (χ0v) is 27.9. The molecule has 1 N–H and O–H groups in total. The van der Waals surface area contributed by atoms with Gasteiger partial charge in [-0.3, -0.25) is 13.9 Å². The smallest absolute Gasteiger partial charge is 0.264 e. The number of halogens is 1. The summed E-state index contributed by atoms with van der Waals surface area (Å²) in [4.78, 5) is 29.9. The van der Waals surface area contributed by atoms with Crippen LogP contribution in [-0.2, 0) is 32.6 Å². The minimum Gasteiger partial charge on any atom is -0.354 e. The minimum atomic E-state index is -4.21. The van der Waals surface area contributed by atoms with Gasteiger partial charge in [-0.1, -0.05) is 86.1 Å². The molecule has 7 nitrogen and oxygen atoms in total. The van der Waals surface area contributed by atoms with Gasteiger partial charge in [-0.25, -0.2) is 12.8 Å². The van der Waals surface area contributed by atoms with Crippen LogP contribution in [0.2, 0.25) is 0 Å². The average Bonchev–Trinajstić information content (AvgIpc) is 3.03. The van der Waals surface area contributed by atoms with Gasteiger partial charge in [0.05, 0.1) is 10.6 Å². The van der Waals surface area contributed by atoms with Crippen LogP contribution >= 0.6 is 0 Å². The monoisotopic (exact) mass is 643 g/mol. The van der Waals surface area contributed by atoms with Crippen LogP contribution in [0.25, 0.3) is 0 Å². The first-order valence-corrected chi connectivity index (χ1v) is 16.8. The Morgan fingerprint density at radius 3 is 2.07 bits per heavy atom. The molecule has 0 heterocycles. The van der Waals surface area contributed by atoms with E-state index in [9.17, 15) is 22.4 Å². The summed E-state index contributed by atoms with van der Waals surface area (Å²) in [5.41, 5.74) is 4.21. The molecular weight excluding hydrogens is 601 g/mol. The van der Waals surface area contributed by atoms with E-state index in [0.29, 0.717) is 23.4 Å². The lowest BCUT2D eigenvalue weighted by Gasteiger charge is -2.34. The second-order valence-corrected chi connectivity index (χ2v) is 14.0. The number of nitrogens with one attached hydrogen (secondary N) is 1. The van der Waals surface area contributed by atoms with E-state index in [0.717, 1.165) is 21.0 Å². The third-order valence-electron chi connectivity index (χ3n) is 7.74. The van der Waals surface area contributed by atoms with Gasteiger partial charge in [0, 0.05) is 19.5 Å². The van der Waals surface area contributed by atoms with Crippen LogP contribution in [0.15, 0.2) is 102 Å². The summed E-state index contributed by atoms with van der Waals surface area (Å²) in [5.74, 6) is -1.18. The van der Waals surface area contributed by atoms with Crippen molar-refractivity contribution in [3.8, 4) is 0 Å². The van der Waals surface area contributed by atoms with Crippen molar-refractivity contribution in [3.63, 3.8) is 0 Å². The zero-order chi connectivity index (χ0) is 33.4. The van der Waals surface area contributed by atoms with Gasteiger partial charge in [0.15, 0.2) is 0 Å². The fourth-order valence-corrected chi connectivity index (χ4v) is 6.57. The molecular formula is C37H42FN3O4S. The summed E-state index contributed by atoms with van der Waals surface area (Å²) in [6, 6.07) is 26.0. The highest BCUT2D eigenvalue weighted by molar-refractivity contribution is 7.92. The summed E-state index contributed by atoms with van der Waals surface area (Å²) in [5, 5.41) is 2.97. The molecule has 1 unspecified atom stereocenters. The van der Waals surface area contributed by atoms with Crippen molar-refractivity contribution >= 4 is 27.5 Å². The first kappa shape index (κ1) is 34.4. The van der Waals surface area contributed by atoms with Crippen LogP contribution in [0, 0.1) is 32.5 Å². The lowest BCUT2D eigenvalue weighted by atomic mass is 10.0. The molecule has 2 amide bonds. The molecule has 0 radical (unpaired) electrons. The highest BCUT2D eigenvalue weighted by atomic mass is 32.2. The highest BCUT2D eigenvalue weighted by Crippen LogP contribution is 2.29. The molecule has 4 aromatic carbocycles. The number of hydrogen-bond acceptors (Lipinski definition) is 4. The normalized spacial score (nSPS) is 12.1. The number of hydrogen-bond donors (Lipinski definition) is 1. The molecule has 1 atom stereocenters. The van der Waals surface area contributed by atoms with Crippen molar-refractivity contribution in [1.82, 2.24) is 10.2 Å². The summed E-state index contributed by atoms with van der Waals surface area (Å²) < 4.78 is 43.5. The maximum absolute atomic E-state index is 14.6. The Hall–Kier alpha value is -4.50. The van der Waals surface area contributed by atoms with Crippen molar-refractivity contribution < 1.29 is 22.4 Å². The summed E-state index contributed by atoms with van der Waals surface area (Å²) in [6.07, 6.45) is 0.200. The van der Waals surface area contributed by atoms with E-state index < -0.39 is 34.3 Å². The first-order chi connectivity index (χ1) is 21.8. The molecule has 0 saturated carbocycles. The molecule has 0 aliphatic heterocycles. The Balaban J connectivity index is 1.82. The molecule has 9 heteroatoms. The Bertz CT molecular complexity index is 1740. The van der Waals surface area contributed by atoms with Gasteiger partial charge in [0.2, 0.25) is 11.8 Å². The average molecular weight is 644 g/mol. The van der Waals surface area contributed by atoms with Crippen LogP contribution in [0.4, 0.5) is 10.1 Å². The maximum Gasteiger partial charge on any atom is 0.264 e. The number of sulfonamides is 1. The standard InChI is InChI=1S/C37H42FN3O4S/c1-26(2)23-39-37(43)35(22-30-9-7-6-8-10-30)40(24-31-15-17-32(38)18-16-31)36(42)25-41(34-21-28(4)11-14-29(34)5)46(44,45)33-19-12-27(3)13-20-33/h6-21,26,35H,22-25H2,1-5H3,(H,39,43). The second kappa shape index (κ2) is 15.2. The van der Waals surface area contributed by atoms with Crippen molar-refractivity contribution in [2.75, 3.05) is 17.4 Å². The van der Waals surface area contributed by atoms with E-state index in [1.54, 1.807) is 37.3 Å². The molecule has 0 spiro atoms. The molecule has 0 fully saturated rings. The van der Waals surface area contributed by atoms with Crippen molar-refractivity contribution in [2.24, 2.45) is 5.92 Å². The molecule has 0 aliphatic rings. The number of benzene rings is 4. The van der Waals surface area contributed by atoms with Gasteiger partial charge in [0.1, 0.15) is 18.4 Å². The van der Waals surface area contributed by atoms with Gasteiger partial charge in [0.25, 0.3) is 10.0 Å². The van der Waals surface area contributed by atoms with Gasteiger partial charge in [-0.15, -0.1) is 0 Å². The fourth-order valence-electron chi connectivity index (χ4n) is 5.10. The Morgan fingerprint density at radius 2 is 1.43 bits per heavy atom. The molecule has 0 aliphatic carbocycles. The topological polar surface area (TPSA) is 86.8 Å². The van der Waals surface area contributed by atoms with E-state index in [1.807, 2.05) is 70.2 Å². The Kier molecular flexibility index (Phi) is 11.4. The SMILES string of the molecule is Cc1ccc(S(=O)(=O)N(CC(=O)N(Cc2ccc(F)cc2)C(Cc2ccccc2)C(=O)NCC(C)C)c2cc(C)ccc2C)cc1. The third kappa shape index (κ3) is 8.81. The van der Waals surface area contributed by atoms with E-state index in [4.69, 9.17) is 0 Å². The van der Waals surface area contributed by atoms with Crippen LogP contribution in [0.5, 0.6) is 0 Å². The van der Waals surface area contributed by atoms with Crippen LogP contribution in [0.1, 0.15) is 41.7 Å². The third-order valence-corrected chi connectivity index (χ3v) is 9.52. The summed E-state index contributed by atoms with van der Waals surface area (Å²) >= 11 is 0. The summed E-state index contributed by atoms with van der Waals surface area (Å²) in [6.45, 7) is 9.30. The first-order valence-electron chi connectivity index (χ1n) is 15.4. The number of rotatable bonds is 13. The van der Waals surface area contributed by atoms with Crippen LogP contribution in [0.3, 0.4) is 0 Å². The maximum atomic E-state index is 14.6. The van der Waals surface area contributed by atoms with E-state index in [2.05, 4.69) is 5.32 Å². The molecule has 4 rings (SSSR count). The molecule has 4 aromatic rings. The highest BCUT2D eigenvalue weighted by Gasteiger charge is 2.35. The van der Waals surface area contributed by atoms with E-state index in [-0.39, 0.29) is 29.7 Å². The van der Waals surface area contributed by atoms with Crippen LogP contribution < -0.4 is 9.62 Å². The van der Waals surface area contributed by atoms with E-state index >= 15 is 0 Å². The van der Waals surface area contributed by atoms with Gasteiger partial charge in [-0.05, 0) is 79.3 Å². The number of aryl methyl sites for hydroxylation is 3. The molecule has 0 saturated heterocycles. The lowest BCUT2D eigenvalue weighted by molar-refractivity contribution is -0.140. The predicted molar refractivity (Wildman–Crippen MR) is 180 cm³/mol. The van der Waals surface area contributed by atoms with Gasteiger partial charge < -0.3 is 10.2 Å². The molecule has 0 aromatic heterocycles. The number of carbonyl (C=O) groups excluding carboxylic acids is 2. The van der Waals surface area contributed by atoms with Crippen molar-refractivity contribution in [3.05, 3.63) is 131 Å². The Morgan fingerprint density at radius 1 is 0.804 bits per heavy atom. The molecule has 242 valence electrons. The number of anilines is 1. The Labute approximate surface area is 272 Å². The molecule has 0 bridgehead atoms. The van der Waals surface area contributed by atoms with Crippen molar-refractivity contribution in [2.45, 2.75) is 58.5 Å².